The largest absolute Gasteiger partial charge is 0.454 e. The molecule has 8 heteroatoms. The van der Waals surface area contributed by atoms with Crippen LogP contribution in [0.15, 0.2) is 82.5 Å². The maximum Gasteiger partial charge on any atom is 0.331 e. The third-order valence-electron chi connectivity index (χ3n) is 12.8. The molecule has 3 saturated carbocycles. The van der Waals surface area contributed by atoms with Gasteiger partial charge in [-0.1, -0.05) is 73.9 Å². The molecule has 0 spiro atoms. The van der Waals surface area contributed by atoms with Gasteiger partial charge in [-0.05, 0) is 107 Å². The number of aliphatic hydroxyl groups excluding tert-OH is 2. The normalized spacial score (nSPS) is 39.2. The standard InChI is InChI=1S/C41H53FO7/c1-25(13-15-30-27(3)12-9-18-37(30,4)5)10-8-11-26(2)20-36(47)49-24-35(46)41(48)33(44)22-32-31-16-14-28-21-29(43)17-19-38(28,6)40(31,42)34(45)23-39(32,41)7/h8,10-11,13,15,17,19-21,31-34,44-45,48H,9,12,14,16,18,22-24H2,1-7H3/b11-8+,15-13+,25-10+,26-20+/t31-,32-,33+,34-,38-,39-,40-,41-/m0/s1. The smallest absolute Gasteiger partial charge is 0.331 e. The number of carbonyl (C=O) groups excluding carboxylic acids is 3. The van der Waals surface area contributed by atoms with Crippen LogP contribution in [0.2, 0.25) is 0 Å². The number of hydrogen-bond donors (Lipinski definition) is 3. The van der Waals surface area contributed by atoms with E-state index in [1.165, 1.54) is 48.3 Å². The number of alkyl halides is 1. The number of esters is 1. The van der Waals surface area contributed by atoms with E-state index in [0.717, 1.165) is 12.0 Å². The van der Waals surface area contributed by atoms with E-state index in [0.29, 0.717) is 24.0 Å². The van der Waals surface area contributed by atoms with Gasteiger partial charge >= 0.3 is 5.97 Å². The minimum atomic E-state index is -2.36. The summed E-state index contributed by atoms with van der Waals surface area (Å²) in [5, 5.41) is 34.5. The fourth-order valence-electron chi connectivity index (χ4n) is 9.88. The van der Waals surface area contributed by atoms with E-state index < -0.39 is 64.5 Å². The molecule has 7 nitrogen and oxygen atoms in total. The van der Waals surface area contributed by atoms with Gasteiger partial charge in [-0.2, -0.15) is 0 Å². The second-order valence-electron chi connectivity index (χ2n) is 16.2. The summed E-state index contributed by atoms with van der Waals surface area (Å²) in [6, 6.07) is 0. The van der Waals surface area contributed by atoms with Crippen molar-refractivity contribution in [2.24, 2.45) is 28.1 Å². The molecule has 266 valence electrons. The predicted molar refractivity (Wildman–Crippen MR) is 187 cm³/mol. The number of ether oxygens (including phenoxy) is 1. The molecule has 49 heavy (non-hydrogen) atoms. The molecule has 0 radical (unpaired) electrons. The summed E-state index contributed by atoms with van der Waals surface area (Å²) in [5.74, 6) is -3.32. The maximum atomic E-state index is 17.3. The Labute approximate surface area is 290 Å². The van der Waals surface area contributed by atoms with Crippen LogP contribution < -0.4 is 0 Å². The van der Waals surface area contributed by atoms with E-state index in [4.69, 9.17) is 4.74 Å². The van der Waals surface area contributed by atoms with Crippen LogP contribution in [0.25, 0.3) is 0 Å². The van der Waals surface area contributed by atoms with Gasteiger partial charge in [-0.25, -0.2) is 9.18 Å². The minimum Gasteiger partial charge on any atom is -0.454 e. The van der Waals surface area contributed by atoms with Crippen molar-refractivity contribution >= 4 is 17.5 Å². The van der Waals surface area contributed by atoms with E-state index in [2.05, 4.69) is 32.9 Å². The van der Waals surface area contributed by atoms with Crippen LogP contribution in [0.4, 0.5) is 4.39 Å². The van der Waals surface area contributed by atoms with Gasteiger partial charge in [0.15, 0.2) is 23.7 Å². The summed E-state index contributed by atoms with van der Waals surface area (Å²) in [5.41, 5.74) is -1.90. The summed E-state index contributed by atoms with van der Waals surface area (Å²) in [4.78, 5) is 38.4. The van der Waals surface area contributed by atoms with Crippen LogP contribution in [-0.4, -0.2) is 62.9 Å². The highest BCUT2D eigenvalue weighted by molar-refractivity contribution is 6.01. The lowest BCUT2D eigenvalue weighted by Crippen LogP contribution is -2.69. The number of allylic oxidation sites excluding steroid dienone is 13. The van der Waals surface area contributed by atoms with Crippen molar-refractivity contribution in [2.75, 3.05) is 6.61 Å². The van der Waals surface area contributed by atoms with Gasteiger partial charge in [0.25, 0.3) is 0 Å². The van der Waals surface area contributed by atoms with Crippen LogP contribution in [-0.2, 0) is 19.1 Å². The zero-order valence-corrected chi connectivity index (χ0v) is 30.0. The van der Waals surface area contributed by atoms with Crippen LogP contribution >= 0.6 is 0 Å². The number of rotatable bonds is 8. The Morgan fingerprint density at radius 3 is 2.45 bits per heavy atom. The summed E-state index contributed by atoms with van der Waals surface area (Å²) < 4.78 is 22.6. The van der Waals surface area contributed by atoms with E-state index in [-0.39, 0.29) is 24.0 Å². The molecular formula is C41H53FO7. The third-order valence-corrected chi connectivity index (χ3v) is 12.8. The lowest BCUT2D eigenvalue weighted by molar-refractivity contribution is -0.222. The van der Waals surface area contributed by atoms with Gasteiger partial charge in [-0.15, -0.1) is 0 Å². The molecule has 0 aromatic heterocycles. The quantitative estimate of drug-likeness (QED) is 0.149. The van der Waals surface area contributed by atoms with Crippen molar-refractivity contribution in [1.82, 2.24) is 0 Å². The second kappa shape index (κ2) is 13.2. The van der Waals surface area contributed by atoms with Gasteiger partial charge in [0, 0.05) is 22.8 Å². The SMILES string of the molecule is CC1=C(/C=C/C(C)=C/C=C/C(C)=C/C(=O)OCC(=O)[C@@]2(O)[C@H](O)C[C@H]3[C@@H]4CCC5=CC(=O)C=C[C@]5(C)[C@@]4(F)[C@@H](O)C[C@@]32C)C(C)(C)CCC1. The summed E-state index contributed by atoms with van der Waals surface area (Å²) in [7, 11) is 0. The number of ketones is 2. The molecule has 5 aliphatic carbocycles. The molecule has 8 atom stereocenters. The Kier molecular flexibility index (Phi) is 9.96. The Balaban J connectivity index is 1.24. The Morgan fingerprint density at radius 1 is 1.04 bits per heavy atom. The summed E-state index contributed by atoms with van der Waals surface area (Å²) in [6.07, 6.45) is 16.1. The molecule has 5 aliphatic rings. The van der Waals surface area contributed by atoms with Gasteiger partial charge in [0.1, 0.15) is 0 Å². The molecule has 0 amide bonds. The summed E-state index contributed by atoms with van der Waals surface area (Å²) >= 11 is 0. The van der Waals surface area contributed by atoms with Crippen LogP contribution in [0.1, 0.15) is 93.4 Å². The first-order valence-corrected chi connectivity index (χ1v) is 17.6. The lowest BCUT2D eigenvalue weighted by atomic mass is 9.44. The average molecular weight is 677 g/mol. The molecule has 0 saturated heterocycles. The second-order valence-corrected chi connectivity index (χ2v) is 16.2. The lowest BCUT2D eigenvalue weighted by Gasteiger charge is -2.62. The molecule has 0 unspecified atom stereocenters. The number of fused-ring (bicyclic) bond motifs is 5. The van der Waals surface area contributed by atoms with Crippen molar-refractivity contribution in [1.29, 1.82) is 0 Å². The average Bonchev–Trinajstić information content (AvgIpc) is 3.21. The minimum absolute atomic E-state index is 0.0472. The Morgan fingerprint density at radius 2 is 1.76 bits per heavy atom. The highest BCUT2D eigenvalue weighted by Crippen LogP contribution is 2.69. The van der Waals surface area contributed by atoms with Crippen molar-refractivity contribution in [2.45, 2.75) is 117 Å². The zero-order chi connectivity index (χ0) is 36.2. The first-order chi connectivity index (χ1) is 22.8. The zero-order valence-electron chi connectivity index (χ0n) is 30.0. The molecule has 0 aliphatic heterocycles. The fourth-order valence-corrected chi connectivity index (χ4v) is 9.88. The van der Waals surface area contributed by atoms with Crippen molar-refractivity contribution < 1.29 is 38.8 Å². The first kappa shape index (κ1) is 37.1. The molecule has 3 fully saturated rings. The molecule has 0 heterocycles. The summed E-state index contributed by atoms with van der Waals surface area (Å²) in [6.45, 7) is 13.0. The van der Waals surface area contributed by atoms with Crippen molar-refractivity contribution in [3.05, 3.63) is 82.5 Å². The van der Waals surface area contributed by atoms with Gasteiger partial charge in [0.2, 0.25) is 5.78 Å². The number of hydrogen-bond acceptors (Lipinski definition) is 7. The third kappa shape index (κ3) is 6.12. The highest BCUT2D eigenvalue weighted by atomic mass is 19.1. The predicted octanol–water partition coefficient (Wildman–Crippen LogP) is 6.70. The molecule has 0 aromatic carbocycles. The van der Waals surface area contributed by atoms with Crippen molar-refractivity contribution in [3.8, 4) is 0 Å². The Hall–Kier alpha value is -3.20. The van der Waals surface area contributed by atoms with Crippen LogP contribution in [0.5, 0.6) is 0 Å². The van der Waals surface area contributed by atoms with Gasteiger partial charge < -0.3 is 20.1 Å². The number of carbonyl (C=O) groups is 3. The van der Waals surface area contributed by atoms with Crippen LogP contribution in [0.3, 0.4) is 0 Å². The monoisotopic (exact) mass is 676 g/mol. The molecule has 0 aromatic rings. The van der Waals surface area contributed by atoms with Crippen molar-refractivity contribution in [3.63, 3.8) is 0 Å². The van der Waals surface area contributed by atoms with Crippen LogP contribution in [0, 0.1) is 28.1 Å². The molecule has 3 N–H and O–H groups in total. The number of halogens is 1. The van der Waals surface area contributed by atoms with E-state index in [9.17, 15) is 29.7 Å². The first-order valence-electron chi connectivity index (χ1n) is 17.6. The number of Topliss-reactive ketones (excluding diaryl/α,β-unsaturated/α-hetero) is 1. The number of aliphatic hydroxyl groups is 3. The van der Waals surface area contributed by atoms with Gasteiger partial charge in [-0.3, -0.25) is 9.59 Å². The molecular weight excluding hydrogens is 623 g/mol. The van der Waals surface area contributed by atoms with E-state index in [1.54, 1.807) is 26.8 Å². The van der Waals surface area contributed by atoms with Gasteiger partial charge in [0.05, 0.1) is 12.2 Å². The molecule has 0 bridgehead atoms. The topological polar surface area (TPSA) is 121 Å². The Bertz CT molecular complexity index is 1620. The van der Waals surface area contributed by atoms with E-state index >= 15 is 4.39 Å². The van der Waals surface area contributed by atoms with E-state index in [1.807, 2.05) is 19.1 Å². The fraction of sp³-hybridized carbons (Fsp3) is 0.585. The maximum absolute atomic E-state index is 17.3. The molecule has 5 rings (SSSR count). The highest BCUT2D eigenvalue weighted by Gasteiger charge is 2.76.